The van der Waals surface area contributed by atoms with Crippen LogP contribution in [0, 0.1) is 0 Å². The molecule has 1 aromatic carbocycles. The van der Waals surface area contributed by atoms with Crippen LogP contribution in [0.5, 0.6) is 17.2 Å². The lowest BCUT2D eigenvalue weighted by Gasteiger charge is -2.10. The largest absolute Gasteiger partial charge is 0.513 e. The van der Waals surface area contributed by atoms with Gasteiger partial charge in [-0.25, -0.2) is 14.4 Å². The predicted molar refractivity (Wildman–Crippen MR) is 61.1 cm³/mol. The molecule has 0 aromatic heterocycles. The quantitative estimate of drug-likeness (QED) is 0.625. The van der Waals surface area contributed by atoms with Crippen LogP contribution in [0.25, 0.3) is 0 Å². The molecule has 108 valence electrons. The Kier molecular flexibility index (Phi) is 4.73. The SMILES string of the molecule is COC(=O)Oc1cc(C(=O)O)cc(OC(=O)OC)c1O. The van der Waals surface area contributed by atoms with E-state index in [0.29, 0.717) is 0 Å². The van der Waals surface area contributed by atoms with E-state index < -0.39 is 35.5 Å². The summed E-state index contributed by atoms with van der Waals surface area (Å²) in [5, 5.41) is 18.6. The third-order valence-electron chi connectivity index (χ3n) is 2.01. The fraction of sp³-hybridized carbons (Fsp3) is 0.182. The first-order chi connectivity index (χ1) is 9.38. The van der Waals surface area contributed by atoms with Crippen molar-refractivity contribution in [1.82, 2.24) is 0 Å². The molecule has 0 saturated carbocycles. The molecule has 9 heteroatoms. The minimum absolute atomic E-state index is 0.388. The zero-order chi connectivity index (χ0) is 15.3. The first kappa shape index (κ1) is 15.1. The highest BCUT2D eigenvalue weighted by Crippen LogP contribution is 2.38. The van der Waals surface area contributed by atoms with Gasteiger partial charge in [-0.3, -0.25) is 0 Å². The number of phenols is 1. The van der Waals surface area contributed by atoms with E-state index in [1.54, 1.807) is 0 Å². The van der Waals surface area contributed by atoms with E-state index in [-0.39, 0.29) is 5.56 Å². The molecule has 0 bridgehead atoms. The van der Waals surface area contributed by atoms with Gasteiger partial charge in [-0.2, -0.15) is 0 Å². The smallest absolute Gasteiger partial charge is 0.502 e. The van der Waals surface area contributed by atoms with Gasteiger partial charge in [-0.05, 0) is 12.1 Å². The third kappa shape index (κ3) is 3.51. The van der Waals surface area contributed by atoms with Crippen molar-refractivity contribution < 1.29 is 43.5 Å². The summed E-state index contributed by atoms with van der Waals surface area (Å²) in [4.78, 5) is 32.8. The van der Waals surface area contributed by atoms with Crippen molar-refractivity contribution in [1.29, 1.82) is 0 Å². The molecular weight excluding hydrogens is 276 g/mol. The van der Waals surface area contributed by atoms with Gasteiger partial charge in [-0.1, -0.05) is 0 Å². The minimum atomic E-state index is -1.39. The molecule has 0 aliphatic heterocycles. The Bertz CT molecular complexity index is 510. The average molecular weight is 286 g/mol. The Balaban J connectivity index is 3.25. The van der Waals surface area contributed by atoms with E-state index in [1.807, 2.05) is 0 Å². The van der Waals surface area contributed by atoms with E-state index >= 15 is 0 Å². The topological polar surface area (TPSA) is 129 Å². The molecular formula is C11H10O9. The van der Waals surface area contributed by atoms with Gasteiger partial charge in [0.25, 0.3) is 0 Å². The number of hydrogen-bond acceptors (Lipinski definition) is 8. The normalized spacial score (nSPS) is 9.50. The van der Waals surface area contributed by atoms with E-state index in [9.17, 15) is 19.5 Å². The molecule has 0 saturated heterocycles. The number of ether oxygens (including phenoxy) is 4. The molecule has 0 aliphatic carbocycles. The molecule has 9 nitrogen and oxygen atoms in total. The van der Waals surface area contributed by atoms with Crippen LogP contribution in [-0.2, 0) is 9.47 Å². The number of hydrogen-bond donors (Lipinski definition) is 2. The first-order valence-corrected chi connectivity index (χ1v) is 5.01. The maximum Gasteiger partial charge on any atom is 0.513 e. The number of carboxylic acid groups (broad SMARTS) is 1. The second kappa shape index (κ2) is 6.27. The summed E-state index contributed by atoms with van der Waals surface area (Å²) in [6.07, 6.45) is -2.38. The number of phenolic OH excluding ortho intramolecular Hbond substituents is 1. The van der Waals surface area contributed by atoms with E-state index in [4.69, 9.17) is 5.11 Å². The van der Waals surface area contributed by atoms with Crippen LogP contribution < -0.4 is 9.47 Å². The monoisotopic (exact) mass is 286 g/mol. The van der Waals surface area contributed by atoms with Crippen molar-refractivity contribution in [2.75, 3.05) is 14.2 Å². The summed E-state index contributed by atoms with van der Waals surface area (Å²) in [5.74, 6) is -3.24. The van der Waals surface area contributed by atoms with Crippen LogP contribution in [-0.4, -0.2) is 42.7 Å². The molecule has 0 amide bonds. The molecule has 0 atom stereocenters. The fourth-order valence-electron chi connectivity index (χ4n) is 1.12. The number of rotatable bonds is 3. The lowest BCUT2D eigenvalue weighted by molar-refractivity contribution is 0.0693. The number of methoxy groups -OCH3 is 2. The zero-order valence-corrected chi connectivity index (χ0v) is 10.4. The van der Waals surface area contributed by atoms with Gasteiger partial charge in [-0.15, -0.1) is 0 Å². The Morgan fingerprint density at radius 3 is 1.65 bits per heavy atom. The van der Waals surface area contributed by atoms with Gasteiger partial charge in [0, 0.05) is 0 Å². The predicted octanol–water partition coefficient (Wildman–Crippen LogP) is 1.38. The summed E-state index contributed by atoms with van der Waals surface area (Å²) in [6, 6.07) is 1.72. The van der Waals surface area contributed by atoms with E-state index in [1.165, 1.54) is 0 Å². The van der Waals surface area contributed by atoms with Gasteiger partial charge < -0.3 is 29.2 Å². The summed E-state index contributed by atoms with van der Waals surface area (Å²) < 4.78 is 17.5. The Labute approximate surface area is 112 Å². The Morgan fingerprint density at radius 2 is 1.35 bits per heavy atom. The van der Waals surface area contributed by atoms with Gasteiger partial charge in [0.1, 0.15) is 0 Å². The van der Waals surface area contributed by atoms with Gasteiger partial charge in [0.2, 0.25) is 5.75 Å². The van der Waals surface area contributed by atoms with Crippen molar-refractivity contribution in [3.8, 4) is 17.2 Å². The summed E-state index contributed by atoms with van der Waals surface area (Å²) in [6.45, 7) is 0. The maximum absolute atomic E-state index is 11.0. The van der Waals surface area contributed by atoms with Gasteiger partial charge >= 0.3 is 18.3 Å². The standard InChI is InChI=1S/C11H10O9/c1-17-10(15)19-6-3-5(9(13)14)4-7(8(6)12)20-11(16)18-2/h3-4,12H,1-2H3,(H,13,14). The van der Waals surface area contributed by atoms with Crippen LogP contribution in [0.2, 0.25) is 0 Å². The number of carbonyl (C=O) groups is 3. The third-order valence-corrected chi connectivity index (χ3v) is 2.01. The summed E-state index contributed by atoms with van der Waals surface area (Å²) in [5.41, 5.74) is -0.388. The number of aromatic carboxylic acids is 1. The van der Waals surface area contributed by atoms with E-state index in [2.05, 4.69) is 18.9 Å². The van der Waals surface area contributed by atoms with Crippen molar-refractivity contribution >= 4 is 18.3 Å². The molecule has 0 spiro atoms. The van der Waals surface area contributed by atoms with Crippen LogP contribution in [0.4, 0.5) is 9.59 Å². The van der Waals surface area contributed by atoms with Crippen LogP contribution in [0.1, 0.15) is 10.4 Å². The number of aromatic hydroxyl groups is 1. The number of carboxylic acids is 1. The Hall–Kier alpha value is -2.97. The highest BCUT2D eigenvalue weighted by molar-refractivity contribution is 5.90. The van der Waals surface area contributed by atoms with Crippen LogP contribution in [0.3, 0.4) is 0 Å². The second-order valence-corrected chi connectivity index (χ2v) is 3.24. The van der Waals surface area contributed by atoms with Crippen molar-refractivity contribution in [2.24, 2.45) is 0 Å². The number of benzene rings is 1. The highest BCUT2D eigenvalue weighted by Gasteiger charge is 2.20. The average Bonchev–Trinajstić information content (AvgIpc) is 2.42. The van der Waals surface area contributed by atoms with E-state index in [0.717, 1.165) is 26.4 Å². The maximum atomic E-state index is 11.0. The molecule has 20 heavy (non-hydrogen) atoms. The highest BCUT2D eigenvalue weighted by atomic mass is 16.7. The fourth-order valence-corrected chi connectivity index (χ4v) is 1.12. The lowest BCUT2D eigenvalue weighted by Crippen LogP contribution is -2.11. The van der Waals surface area contributed by atoms with Crippen LogP contribution in [0.15, 0.2) is 12.1 Å². The van der Waals surface area contributed by atoms with Crippen molar-refractivity contribution in [3.05, 3.63) is 17.7 Å². The minimum Gasteiger partial charge on any atom is -0.502 e. The summed E-state index contributed by atoms with van der Waals surface area (Å²) in [7, 11) is 2.04. The van der Waals surface area contributed by atoms with Gasteiger partial charge in [0.15, 0.2) is 11.5 Å². The zero-order valence-electron chi connectivity index (χ0n) is 10.4. The lowest BCUT2D eigenvalue weighted by atomic mass is 10.2. The van der Waals surface area contributed by atoms with Crippen LogP contribution >= 0.6 is 0 Å². The van der Waals surface area contributed by atoms with Gasteiger partial charge in [0.05, 0.1) is 19.8 Å². The molecule has 2 N–H and O–H groups in total. The van der Waals surface area contributed by atoms with Crippen molar-refractivity contribution in [3.63, 3.8) is 0 Å². The number of carbonyl (C=O) groups excluding carboxylic acids is 2. The first-order valence-electron chi connectivity index (χ1n) is 5.01. The summed E-state index contributed by atoms with van der Waals surface area (Å²) >= 11 is 0. The molecule has 0 radical (unpaired) electrons. The van der Waals surface area contributed by atoms with Crippen molar-refractivity contribution in [2.45, 2.75) is 0 Å². The molecule has 1 aromatic rings. The Morgan fingerprint density at radius 1 is 0.950 bits per heavy atom. The second-order valence-electron chi connectivity index (χ2n) is 3.24. The molecule has 0 heterocycles. The molecule has 0 fully saturated rings. The molecule has 0 aliphatic rings. The molecule has 0 unspecified atom stereocenters. The molecule has 1 rings (SSSR count).